The molecular formula is C21H35IN6O2. The van der Waals surface area contributed by atoms with E-state index in [0.29, 0.717) is 13.1 Å². The Morgan fingerprint density at radius 2 is 1.73 bits per heavy atom. The molecule has 0 unspecified atom stereocenters. The van der Waals surface area contributed by atoms with Crippen molar-refractivity contribution in [2.24, 2.45) is 4.99 Å². The number of alkyl carbamates (subject to hydrolysis) is 1. The fourth-order valence-corrected chi connectivity index (χ4v) is 2.94. The molecule has 2 aromatic rings. The van der Waals surface area contributed by atoms with Crippen molar-refractivity contribution in [1.29, 1.82) is 0 Å². The number of aryl methyl sites for hydroxylation is 2. The number of aromatic nitrogens is 2. The molecule has 3 N–H and O–H groups in total. The van der Waals surface area contributed by atoms with Crippen molar-refractivity contribution >= 4 is 47.1 Å². The monoisotopic (exact) mass is 530 g/mol. The molecule has 0 saturated carbocycles. The molecule has 1 aromatic heterocycles. The normalized spacial score (nSPS) is 11.7. The van der Waals surface area contributed by atoms with Gasteiger partial charge in [-0.15, -0.1) is 24.0 Å². The van der Waals surface area contributed by atoms with E-state index in [-0.39, 0.29) is 30.1 Å². The summed E-state index contributed by atoms with van der Waals surface area (Å²) in [6.07, 6.45) is 1.35. The first-order valence-corrected chi connectivity index (χ1v) is 10.1. The zero-order chi connectivity index (χ0) is 21.3. The molecule has 0 bridgehead atoms. The van der Waals surface area contributed by atoms with E-state index in [2.05, 4.69) is 36.6 Å². The minimum atomic E-state index is -0.476. The van der Waals surface area contributed by atoms with Gasteiger partial charge in [0.05, 0.1) is 11.0 Å². The maximum absolute atomic E-state index is 11.6. The molecule has 1 heterocycles. The van der Waals surface area contributed by atoms with Crippen LogP contribution in [0, 0.1) is 6.92 Å². The van der Waals surface area contributed by atoms with Crippen LogP contribution in [0.3, 0.4) is 0 Å². The summed E-state index contributed by atoms with van der Waals surface area (Å²) < 4.78 is 7.45. The van der Waals surface area contributed by atoms with Crippen LogP contribution in [0.2, 0.25) is 0 Å². The number of nitrogens with one attached hydrogen (secondary N) is 3. The number of benzene rings is 1. The second kappa shape index (κ2) is 12.6. The van der Waals surface area contributed by atoms with Crippen LogP contribution in [0.5, 0.6) is 0 Å². The molecule has 9 heteroatoms. The standard InChI is InChI=1S/C21H34N6O2.HI/c1-16-26-17-10-6-7-11-18(17)27(16)15-9-14-24-19(22-5)23-12-8-13-25-20(28)29-21(2,3)4;/h6-7,10-11H,8-9,12-15H2,1-5H3,(H,25,28)(H2,22,23,24);1H. The Labute approximate surface area is 196 Å². The summed E-state index contributed by atoms with van der Waals surface area (Å²) in [4.78, 5) is 20.4. The van der Waals surface area contributed by atoms with Crippen LogP contribution in [0.4, 0.5) is 4.79 Å². The maximum atomic E-state index is 11.6. The van der Waals surface area contributed by atoms with Gasteiger partial charge in [-0.25, -0.2) is 9.78 Å². The predicted octanol–water partition coefficient (Wildman–Crippen LogP) is 3.43. The second-order valence-electron chi connectivity index (χ2n) is 7.86. The lowest BCUT2D eigenvalue weighted by molar-refractivity contribution is 0.0527. The molecule has 0 atom stereocenters. The quantitative estimate of drug-likeness (QED) is 0.211. The van der Waals surface area contributed by atoms with Crippen molar-refractivity contribution in [1.82, 2.24) is 25.5 Å². The van der Waals surface area contributed by atoms with Crippen molar-refractivity contribution in [3.8, 4) is 0 Å². The SMILES string of the molecule is CN=C(NCCCNC(=O)OC(C)(C)C)NCCCn1c(C)nc2ccccc21.I. The van der Waals surface area contributed by atoms with E-state index < -0.39 is 5.60 Å². The third kappa shape index (κ3) is 8.76. The average Bonchev–Trinajstić information content (AvgIpc) is 2.97. The third-order valence-corrected chi connectivity index (χ3v) is 4.23. The topological polar surface area (TPSA) is 92.6 Å². The van der Waals surface area contributed by atoms with E-state index in [4.69, 9.17) is 4.74 Å². The van der Waals surface area contributed by atoms with E-state index in [9.17, 15) is 4.79 Å². The number of rotatable bonds is 8. The molecule has 0 aliphatic heterocycles. The van der Waals surface area contributed by atoms with Gasteiger partial charge in [-0.3, -0.25) is 4.99 Å². The minimum absolute atomic E-state index is 0. The minimum Gasteiger partial charge on any atom is -0.444 e. The van der Waals surface area contributed by atoms with Crippen molar-refractivity contribution < 1.29 is 9.53 Å². The number of nitrogens with zero attached hydrogens (tertiary/aromatic N) is 3. The molecule has 1 amide bonds. The molecule has 0 spiro atoms. The van der Waals surface area contributed by atoms with Crippen LogP contribution in [0.1, 0.15) is 39.4 Å². The highest BCUT2D eigenvalue weighted by molar-refractivity contribution is 14.0. The number of carbonyl (C=O) groups is 1. The second-order valence-corrected chi connectivity index (χ2v) is 7.86. The highest BCUT2D eigenvalue weighted by Gasteiger charge is 2.15. The molecule has 0 fully saturated rings. The van der Waals surface area contributed by atoms with Gasteiger partial charge >= 0.3 is 6.09 Å². The van der Waals surface area contributed by atoms with Gasteiger partial charge in [-0.1, -0.05) is 12.1 Å². The van der Waals surface area contributed by atoms with E-state index in [1.807, 2.05) is 45.9 Å². The number of hydrogen-bond acceptors (Lipinski definition) is 4. The molecular weight excluding hydrogens is 495 g/mol. The van der Waals surface area contributed by atoms with Crippen LogP contribution < -0.4 is 16.0 Å². The lowest BCUT2D eigenvalue weighted by Gasteiger charge is -2.19. The van der Waals surface area contributed by atoms with E-state index in [1.54, 1.807) is 7.05 Å². The molecule has 2 rings (SSSR count). The van der Waals surface area contributed by atoms with Gasteiger partial charge < -0.3 is 25.3 Å². The number of hydrogen-bond donors (Lipinski definition) is 3. The Balaban J connectivity index is 0.00000450. The fourth-order valence-electron chi connectivity index (χ4n) is 2.94. The van der Waals surface area contributed by atoms with Crippen LogP contribution in [-0.4, -0.2) is 53.9 Å². The number of aliphatic imine (C=N–C) groups is 1. The summed E-state index contributed by atoms with van der Waals surface area (Å²) in [6, 6.07) is 8.20. The fraction of sp³-hybridized carbons (Fsp3) is 0.571. The summed E-state index contributed by atoms with van der Waals surface area (Å²) in [5.41, 5.74) is 1.73. The van der Waals surface area contributed by atoms with Crippen molar-refractivity contribution in [3.05, 3.63) is 30.1 Å². The summed E-state index contributed by atoms with van der Waals surface area (Å²) in [5, 5.41) is 9.33. The van der Waals surface area contributed by atoms with Crippen LogP contribution in [-0.2, 0) is 11.3 Å². The Bertz CT molecular complexity index is 829. The van der Waals surface area contributed by atoms with E-state index >= 15 is 0 Å². The zero-order valence-corrected chi connectivity index (χ0v) is 20.9. The smallest absolute Gasteiger partial charge is 0.407 e. The van der Waals surface area contributed by atoms with Gasteiger partial charge in [-0.2, -0.15) is 0 Å². The third-order valence-electron chi connectivity index (χ3n) is 4.23. The highest BCUT2D eigenvalue weighted by atomic mass is 127. The van der Waals surface area contributed by atoms with Crippen LogP contribution >= 0.6 is 24.0 Å². The van der Waals surface area contributed by atoms with Gasteiger partial charge in [0.15, 0.2) is 5.96 Å². The number of para-hydroxylation sites is 2. The molecule has 0 radical (unpaired) electrons. The molecule has 1 aromatic carbocycles. The summed E-state index contributed by atoms with van der Waals surface area (Å²) in [7, 11) is 1.75. The lowest BCUT2D eigenvalue weighted by Crippen LogP contribution is -2.39. The highest BCUT2D eigenvalue weighted by Crippen LogP contribution is 2.15. The Morgan fingerprint density at radius 3 is 2.40 bits per heavy atom. The number of imidazole rings is 1. The summed E-state index contributed by atoms with van der Waals surface area (Å²) in [6.45, 7) is 10.5. The van der Waals surface area contributed by atoms with E-state index in [0.717, 1.165) is 43.2 Å². The lowest BCUT2D eigenvalue weighted by atomic mass is 10.2. The summed E-state index contributed by atoms with van der Waals surface area (Å²) in [5.74, 6) is 1.79. The number of amides is 1. The van der Waals surface area contributed by atoms with Gasteiger partial charge in [0, 0.05) is 33.2 Å². The first-order valence-electron chi connectivity index (χ1n) is 10.1. The van der Waals surface area contributed by atoms with Crippen LogP contribution in [0.25, 0.3) is 11.0 Å². The zero-order valence-electron chi connectivity index (χ0n) is 18.6. The largest absolute Gasteiger partial charge is 0.444 e. The Kier molecular flexibility index (Phi) is 10.9. The van der Waals surface area contributed by atoms with Crippen LogP contribution in [0.15, 0.2) is 29.3 Å². The van der Waals surface area contributed by atoms with Gasteiger partial charge in [0.1, 0.15) is 11.4 Å². The van der Waals surface area contributed by atoms with Gasteiger partial charge in [-0.05, 0) is 52.7 Å². The molecule has 0 saturated heterocycles. The van der Waals surface area contributed by atoms with Crippen molar-refractivity contribution in [2.45, 2.75) is 52.7 Å². The first-order chi connectivity index (χ1) is 13.8. The van der Waals surface area contributed by atoms with E-state index in [1.165, 1.54) is 5.52 Å². The van der Waals surface area contributed by atoms with Gasteiger partial charge in [0.25, 0.3) is 0 Å². The maximum Gasteiger partial charge on any atom is 0.407 e. The summed E-state index contributed by atoms with van der Waals surface area (Å²) >= 11 is 0. The molecule has 168 valence electrons. The molecule has 8 nitrogen and oxygen atoms in total. The molecule has 0 aliphatic carbocycles. The Morgan fingerprint density at radius 1 is 1.10 bits per heavy atom. The van der Waals surface area contributed by atoms with Crippen molar-refractivity contribution in [3.63, 3.8) is 0 Å². The van der Waals surface area contributed by atoms with Crippen molar-refractivity contribution in [2.75, 3.05) is 26.7 Å². The Hall–Kier alpha value is -2.04. The first kappa shape index (κ1) is 26.0. The number of ether oxygens (including phenoxy) is 1. The number of carbonyl (C=O) groups excluding carboxylic acids is 1. The number of fused-ring (bicyclic) bond motifs is 1. The number of guanidine groups is 1. The van der Waals surface area contributed by atoms with Gasteiger partial charge in [0.2, 0.25) is 0 Å². The average molecular weight is 530 g/mol. The predicted molar refractivity (Wildman–Crippen MR) is 133 cm³/mol. The molecule has 30 heavy (non-hydrogen) atoms. The number of halogens is 1. The molecule has 0 aliphatic rings.